The molecule has 1 N–H and O–H groups in total. The van der Waals surface area contributed by atoms with Gasteiger partial charge in [-0.2, -0.15) is 0 Å². The fourth-order valence-electron chi connectivity index (χ4n) is 2.70. The maximum Gasteiger partial charge on any atom is 0.209 e. The predicted octanol–water partition coefficient (Wildman–Crippen LogP) is 1.33. The lowest BCUT2D eigenvalue weighted by Gasteiger charge is -2.27. The first-order valence-corrected chi connectivity index (χ1v) is 8.27. The molecular weight excluding hydrogens is 264 g/mol. The highest BCUT2D eigenvalue weighted by Gasteiger charge is 2.26. The Morgan fingerprint density at radius 2 is 2.05 bits per heavy atom. The normalized spacial score (nSPS) is 16.5. The third kappa shape index (κ3) is 3.45. The highest BCUT2D eigenvalue weighted by atomic mass is 32.2. The predicted molar refractivity (Wildman–Crippen MR) is 73.8 cm³/mol. The van der Waals surface area contributed by atoms with E-state index >= 15 is 0 Å². The molecule has 0 bridgehead atoms. The molecule has 1 aromatic heterocycles. The van der Waals surface area contributed by atoms with E-state index < -0.39 is 15.6 Å². The van der Waals surface area contributed by atoms with Crippen LogP contribution in [0, 0.1) is 0 Å². The van der Waals surface area contributed by atoms with Gasteiger partial charge in [-0.3, -0.25) is 4.79 Å². The molecule has 2 rings (SSSR count). The van der Waals surface area contributed by atoms with Crippen LogP contribution in [-0.2, 0) is 23.0 Å². The van der Waals surface area contributed by atoms with Gasteiger partial charge in [0.15, 0.2) is 5.78 Å². The Balaban J connectivity index is 2.23. The smallest absolute Gasteiger partial charge is 0.209 e. The molecular formula is C13H20N2O3S. The molecule has 0 spiro atoms. The molecule has 0 fully saturated rings. The molecule has 19 heavy (non-hydrogen) atoms. The maximum atomic E-state index is 11.8. The van der Waals surface area contributed by atoms with Gasteiger partial charge in [0, 0.05) is 36.0 Å². The summed E-state index contributed by atoms with van der Waals surface area (Å²) in [6, 6.07) is 1.84. The standard InChI is InChI=1S/C13H20N2O3S/c1-13(2,14-19(3,17)18)9-15-8-7-10-11(15)5-4-6-12(10)16/h7-8,14H,4-6,9H2,1-3H3. The largest absolute Gasteiger partial charge is 0.349 e. The van der Waals surface area contributed by atoms with Gasteiger partial charge in [0.05, 0.1) is 6.26 Å². The van der Waals surface area contributed by atoms with Crippen LogP contribution >= 0.6 is 0 Å². The Bertz CT molecular complexity index is 599. The topological polar surface area (TPSA) is 68.2 Å². The number of rotatable bonds is 4. The van der Waals surface area contributed by atoms with Crippen molar-refractivity contribution in [3.8, 4) is 0 Å². The van der Waals surface area contributed by atoms with Crippen molar-refractivity contribution in [2.75, 3.05) is 6.26 Å². The van der Waals surface area contributed by atoms with E-state index in [0.29, 0.717) is 13.0 Å². The number of fused-ring (bicyclic) bond motifs is 1. The first-order chi connectivity index (χ1) is 8.68. The number of carbonyl (C=O) groups excluding carboxylic acids is 1. The van der Waals surface area contributed by atoms with Crippen LogP contribution in [0.1, 0.15) is 42.7 Å². The zero-order valence-corrected chi connectivity index (χ0v) is 12.4. The van der Waals surface area contributed by atoms with Crippen molar-refractivity contribution in [1.82, 2.24) is 9.29 Å². The SMILES string of the molecule is CC(C)(Cn1ccc2c1CCCC2=O)NS(C)(=O)=O. The minimum atomic E-state index is -3.25. The summed E-state index contributed by atoms with van der Waals surface area (Å²) in [5.74, 6) is 0.189. The average Bonchev–Trinajstić information content (AvgIpc) is 2.58. The number of carbonyl (C=O) groups is 1. The zero-order chi connectivity index (χ0) is 14.3. The number of nitrogens with zero attached hydrogens (tertiary/aromatic N) is 1. The van der Waals surface area contributed by atoms with Crippen LogP contribution in [0.4, 0.5) is 0 Å². The van der Waals surface area contributed by atoms with E-state index in [1.165, 1.54) is 0 Å². The number of aromatic nitrogens is 1. The molecule has 0 saturated heterocycles. The highest BCUT2D eigenvalue weighted by molar-refractivity contribution is 7.88. The molecule has 0 aliphatic heterocycles. The first-order valence-electron chi connectivity index (χ1n) is 6.38. The molecule has 5 nitrogen and oxygen atoms in total. The summed E-state index contributed by atoms with van der Waals surface area (Å²) >= 11 is 0. The van der Waals surface area contributed by atoms with Crippen LogP contribution < -0.4 is 4.72 Å². The molecule has 106 valence electrons. The molecule has 0 aromatic carbocycles. The second kappa shape index (κ2) is 4.76. The van der Waals surface area contributed by atoms with Gasteiger partial charge in [-0.1, -0.05) is 0 Å². The number of hydrogen-bond donors (Lipinski definition) is 1. The Hall–Kier alpha value is -1.14. The average molecular weight is 284 g/mol. The lowest BCUT2D eigenvalue weighted by atomic mass is 9.96. The number of nitrogens with one attached hydrogen (secondary N) is 1. The van der Waals surface area contributed by atoms with Crippen LogP contribution in [0.5, 0.6) is 0 Å². The lowest BCUT2D eigenvalue weighted by molar-refractivity contribution is 0.0971. The third-order valence-corrected chi connectivity index (χ3v) is 4.15. The number of sulfonamides is 1. The van der Waals surface area contributed by atoms with E-state index in [2.05, 4.69) is 4.72 Å². The summed E-state index contributed by atoms with van der Waals surface area (Å²) in [6.07, 6.45) is 5.39. The van der Waals surface area contributed by atoms with Gasteiger partial charge in [0.2, 0.25) is 10.0 Å². The third-order valence-electron chi connectivity index (χ3n) is 3.22. The summed E-state index contributed by atoms with van der Waals surface area (Å²) < 4.78 is 27.3. The fourth-order valence-corrected chi connectivity index (χ4v) is 3.77. The molecule has 0 unspecified atom stereocenters. The number of ketones is 1. The second-order valence-corrected chi connectivity index (χ2v) is 7.59. The second-order valence-electron chi connectivity index (χ2n) is 5.84. The molecule has 1 heterocycles. The monoisotopic (exact) mass is 284 g/mol. The minimum absolute atomic E-state index is 0.189. The van der Waals surface area contributed by atoms with Crippen molar-refractivity contribution in [2.45, 2.75) is 45.2 Å². The molecule has 0 amide bonds. The summed E-state index contributed by atoms with van der Waals surface area (Å²) in [4.78, 5) is 11.8. The first kappa shape index (κ1) is 14.3. The molecule has 6 heteroatoms. The van der Waals surface area contributed by atoms with E-state index in [-0.39, 0.29) is 5.78 Å². The van der Waals surface area contributed by atoms with Crippen molar-refractivity contribution < 1.29 is 13.2 Å². The summed E-state index contributed by atoms with van der Waals surface area (Å²) in [5.41, 5.74) is 1.24. The van der Waals surface area contributed by atoms with Crippen LogP contribution in [0.2, 0.25) is 0 Å². The summed E-state index contributed by atoms with van der Waals surface area (Å²) in [5, 5.41) is 0. The van der Waals surface area contributed by atoms with Gasteiger partial charge in [-0.25, -0.2) is 13.1 Å². The van der Waals surface area contributed by atoms with Crippen LogP contribution in [0.3, 0.4) is 0 Å². The zero-order valence-electron chi connectivity index (χ0n) is 11.6. The molecule has 1 aromatic rings. The number of Topliss-reactive ketones (excluding diaryl/α,β-unsaturated/α-hetero) is 1. The molecule has 0 atom stereocenters. The van der Waals surface area contributed by atoms with Gasteiger partial charge in [-0.05, 0) is 32.8 Å². The molecule has 1 aliphatic carbocycles. The Morgan fingerprint density at radius 1 is 1.37 bits per heavy atom. The Morgan fingerprint density at radius 3 is 2.68 bits per heavy atom. The molecule has 0 saturated carbocycles. The van der Waals surface area contributed by atoms with E-state index in [1.54, 1.807) is 0 Å². The van der Waals surface area contributed by atoms with Gasteiger partial charge < -0.3 is 4.57 Å². The van der Waals surface area contributed by atoms with E-state index in [4.69, 9.17) is 0 Å². The molecule has 1 aliphatic rings. The van der Waals surface area contributed by atoms with Gasteiger partial charge in [0.25, 0.3) is 0 Å². The quantitative estimate of drug-likeness (QED) is 0.907. The van der Waals surface area contributed by atoms with E-state index in [9.17, 15) is 13.2 Å². The summed E-state index contributed by atoms with van der Waals surface area (Å²) in [6.45, 7) is 4.19. The minimum Gasteiger partial charge on any atom is -0.349 e. The van der Waals surface area contributed by atoms with Crippen LogP contribution in [0.15, 0.2) is 12.3 Å². The molecule has 0 radical (unpaired) electrons. The Kier molecular flexibility index (Phi) is 3.57. The van der Waals surface area contributed by atoms with E-state index in [1.807, 2.05) is 30.7 Å². The van der Waals surface area contributed by atoms with Gasteiger partial charge in [-0.15, -0.1) is 0 Å². The van der Waals surface area contributed by atoms with Gasteiger partial charge >= 0.3 is 0 Å². The Labute approximate surface area is 114 Å². The van der Waals surface area contributed by atoms with Crippen molar-refractivity contribution in [1.29, 1.82) is 0 Å². The summed E-state index contributed by atoms with van der Waals surface area (Å²) in [7, 11) is -3.25. The van der Waals surface area contributed by atoms with Crippen molar-refractivity contribution >= 4 is 15.8 Å². The number of hydrogen-bond acceptors (Lipinski definition) is 3. The lowest BCUT2D eigenvalue weighted by Crippen LogP contribution is -2.46. The highest BCUT2D eigenvalue weighted by Crippen LogP contribution is 2.23. The van der Waals surface area contributed by atoms with Crippen molar-refractivity contribution in [3.05, 3.63) is 23.5 Å². The van der Waals surface area contributed by atoms with Crippen LogP contribution in [-0.4, -0.2) is 30.6 Å². The van der Waals surface area contributed by atoms with Crippen LogP contribution in [0.25, 0.3) is 0 Å². The van der Waals surface area contributed by atoms with Crippen molar-refractivity contribution in [2.24, 2.45) is 0 Å². The van der Waals surface area contributed by atoms with Crippen molar-refractivity contribution in [3.63, 3.8) is 0 Å². The van der Waals surface area contributed by atoms with E-state index in [0.717, 1.165) is 30.4 Å². The maximum absolute atomic E-state index is 11.8. The van der Waals surface area contributed by atoms with Gasteiger partial charge in [0.1, 0.15) is 0 Å². The fraction of sp³-hybridized carbons (Fsp3) is 0.615.